The number of hydrogen-bond donors (Lipinski definition) is 0. The summed E-state index contributed by atoms with van der Waals surface area (Å²) in [6, 6.07) is 0. The van der Waals surface area contributed by atoms with Crippen molar-refractivity contribution in [2.45, 2.75) is 25.9 Å². The maximum Gasteiger partial charge on any atom is 0.166 e. The topological polar surface area (TPSA) is 17.1 Å². The number of alkyl halides is 2. The Morgan fingerprint density at radius 1 is 1.67 bits per heavy atom. The van der Waals surface area contributed by atoms with Crippen LogP contribution in [0.15, 0.2) is 0 Å². The van der Waals surface area contributed by atoms with E-state index in [1.165, 1.54) is 6.92 Å². The molecule has 0 aliphatic rings. The summed E-state index contributed by atoms with van der Waals surface area (Å²) in [4.78, 5) is 10.6. The Bertz CT molecular complexity index is 120. The average Bonchev–Trinajstić information content (AvgIpc) is 1.65. The molecule has 0 aromatic heterocycles. The van der Waals surface area contributed by atoms with Crippen LogP contribution >= 0.6 is 15.9 Å². The van der Waals surface area contributed by atoms with E-state index in [0.717, 1.165) is 0 Å². The molecule has 0 aromatic rings. The SMILES string of the molecule is CC(=O)C(C)(C)C(F)Br. The summed E-state index contributed by atoms with van der Waals surface area (Å²) >= 11 is 2.71. The smallest absolute Gasteiger partial charge is 0.166 e. The average molecular weight is 197 g/mol. The lowest BCUT2D eigenvalue weighted by Gasteiger charge is -2.20. The summed E-state index contributed by atoms with van der Waals surface area (Å²) in [6.45, 7) is 4.51. The van der Waals surface area contributed by atoms with Crippen LogP contribution in [0, 0.1) is 5.41 Å². The summed E-state index contributed by atoms with van der Waals surface area (Å²) in [5.41, 5.74) is -0.889. The molecule has 0 rings (SSSR count). The normalized spacial score (nSPS) is 15.2. The molecule has 54 valence electrons. The number of ketones is 1. The number of carbonyl (C=O) groups excluding carboxylic acids is 1. The van der Waals surface area contributed by atoms with Crippen LogP contribution in [-0.2, 0) is 4.79 Å². The maximum atomic E-state index is 12.4. The standard InChI is InChI=1S/C6H10BrFO/c1-4(9)6(2,3)5(7)8/h5H,1-3H3. The van der Waals surface area contributed by atoms with Crippen molar-refractivity contribution in [2.24, 2.45) is 5.41 Å². The predicted octanol–water partition coefficient (Wildman–Crippen LogP) is 2.29. The molecule has 0 aliphatic heterocycles. The molecule has 0 aromatic carbocycles. The van der Waals surface area contributed by atoms with Gasteiger partial charge in [0.1, 0.15) is 5.78 Å². The molecule has 0 amide bonds. The van der Waals surface area contributed by atoms with E-state index in [0.29, 0.717) is 0 Å². The minimum atomic E-state index is -1.25. The molecule has 0 spiro atoms. The van der Waals surface area contributed by atoms with Gasteiger partial charge in [0.05, 0.1) is 5.41 Å². The highest BCUT2D eigenvalue weighted by atomic mass is 79.9. The van der Waals surface area contributed by atoms with Gasteiger partial charge in [-0.15, -0.1) is 0 Å². The molecule has 0 N–H and O–H groups in total. The van der Waals surface area contributed by atoms with Crippen molar-refractivity contribution >= 4 is 21.7 Å². The molecular formula is C6H10BrFO. The van der Waals surface area contributed by atoms with Crippen LogP contribution in [0.3, 0.4) is 0 Å². The number of hydrogen-bond acceptors (Lipinski definition) is 1. The molecule has 0 radical (unpaired) electrons. The van der Waals surface area contributed by atoms with E-state index in [4.69, 9.17) is 0 Å². The van der Waals surface area contributed by atoms with Gasteiger partial charge in [0, 0.05) is 0 Å². The largest absolute Gasteiger partial charge is 0.299 e. The second-order valence-electron chi connectivity index (χ2n) is 2.58. The number of carbonyl (C=O) groups is 1. The van der Waals surface area contributed by atoms with E-state index in [1.54, 1.807) is 13.8 Å². The second kappa shape index (κ2) is 2.78. The van der Waals surface area contributed by atoms with Gasteiger partial charge in [-0.25, -0.2) is 4.39 Å². The maximum absolute atomic E-state index is 12.4. The molecular weight excluding hydrogens is 187 g/mol. The molecule has 3 heteroatoms. The second-order valence-corrected chi connectivity index (χ2v) is 3.38. The van der Waals surface area contributed by atoms with E-state index in [9.17, 15) is 9.18 Å². The van der Waals surface area contributed by atoms with Crippen molar-refractivity contribution in [3.05, 3.63) is 0 Å². The van der Waals surface area contributed by atoms with E-state index >= 15 is 0 Å². The minimum Gasteiger partial charge on any atom is -0.299 e. The van der Waals surface area contributed by atoms with Crippen LogP contribution in [0.5, 0.6) is 0 Å². The monoisotopic (exact) mass is 196 g/mol. The Balaban J connectivity index is 4.19. The lowest BCUT2D eigenvalue weighted by molar-refractivity contribution is -0.126. The molecule has 0 fully saturated rings. The van der Waals surface area contributed by atoms with E-state index in [-0.39, 0.29) is 5.78 Å². The van der Waals surface area contributed by atoms with Crippen molar-refractivity contribution in [3.63, 3.8) is 0 Å². The van der Waals surface area contributed by atoms with E-state index in [1.807, 2.05) is 0 Å². The Morgan fingerprint density at radius 2 is 2.00 bits per heavy atom. The Hall–Kier alpha value is 0.0800. The van der Waals surface area contributed by atoms with Gasteiger partial charge in [-0.2, -0.15) is 0 Å². The number of rotatable bonds is 2. The highest BCUT2D eigenvalue weighted by molar-refractivity contribution is 9.09. The van der Waals surface area contributed by atoms with Crippen molar-refractivity contribution in [1.82, 2.24) is 0 Å². The molecule has 0 bridgehead atoms. The first kappa shape index (κ1) is 9.08. The minimum absolute atomic E-state index is 0.146. The molecule has 0 heterocycles. The van der Waals surface area contributed by atoms with Crippen LogP contribution in [-0.4, -0.2) is 10.9 Å². The first-order valence-corrected chi connectivity index (χ1v) is 3.59. The van der Waals surface area contributed by atoms with Gasteiger partial charge in [0.2, 0.25) is 0 Å². The molecule has 0 saturated carbocycles. The van der Waals surface area contributed by atoms with Crippen molar-refractivity contribution in [1.29, 1.82) is 0 Å². The fourth-order valence-electron chi connectivity index (χ4n) is 0.154. The Morgan fingerprint density at radius 3 is 2.00 bits per heavy atom. The summed E-state index contributed by atoms with van der Waals surface area (Å²) in [5, 5.41) is -1.25. The molecule has 0 saturated heterocycles. The fraction of sp³-hybridized carbons (Fsp3) is 0.833. The van der Waals surface area contributed by atoms with Crippen LogP contribution in [0.1, 0.15) is 20.8 Å². The summed E-state index contributed by atoms with van der Waals surface area (Å²) in [6.07, 6.45) is 0. The number of Topliss-reactive ketones (excluding diaryl/α,β-unsaturated/α-hetero) is 1. The van der Waals surface area contributed by atoms with Gasteiger partial charge < -0.3 is 0 Å². The molecule has 0 aliphatic carbocycles. The van der Waals surface area contributed by atoms with Gasteiger partial charge >= 0.3 is 0 Å². The van der Waals surface area contributed by atoms with Gasteiger partial charge in [-0.3, -0.25) is 4.79 Å². The van der Waals surface area contributed by atoms with Gasteiger partial charge in [0.15, 0.2) is 5.08 Å². The predicted molar refractivity (Wildman–Crippen MR) is 38.3 cm³/mol. The third-order valence-corrected chi connectivity index (χ3v) is 2.60. The first-order valence-electron chi connectivity index (χ1n) is 2.68. The zero-order valence-corrected chi connectivity index (χ0v) is 7.33. The lowest BCUT2D eigenvalue weighted by atomic mass is 9.91. The highest BCUT2D eigenvalue weighted by Crippen LogP contribution is 2.28. The third kappa shape index (κ3) is 2.05. The lowest BCUT2D eigenvalue weighted by Crippen LogP contribution is -2.28. The summed E-state index contributed by atoms with van der Waals surface area (Å²) < 4.78 is 12.4. The molecule has 1 atom stereocenters. The zero-order chi connectivity index (χ0) is 7.65. The third-order valence-electron chi connectivity index (χ3n) is 1.45. The van der Waals surface area contributed by atoms with Crippen molar-refractivity contribution in [3.8, 4) is 0 Å². The summed E-state index contributed by atoms with van der Waals surface area (Å²) in [7, 11) is 0. The number of halogens is 2. The van der Waals surface area contributed by atoms with Gasteiger partial charge in [-0.1, -0.05) is 15.9 Å². The quantitative estimate of drug-likeness (QED) is 0.620. The summed E-state index contributed by atoms with van der Waals surface area (Å²) in [5.74, 6) is -0.146. The molecule has 9 heavy (non-hydrogen) atoms. The van der Waals surface area contributed by atoms with E-state index in [2.05, 4.69) is 15.9 Å². The van der Waals surface area contributed by atoms with E-state index < -0.39 is 10.5 Å². The van der Waals surface area contributed by atoms with Crippen LogP contribution < -0.4 is 0 Å². The van der Waals surface area contributed by atoms with Gasteiger partial charge in [0.25, 0.3) is 0 Å². The Labute approximate surface area is 62.8 Å². The van der Waals surface area contributed by atoms with Crippen molar-refractivity contribution < 1.29 is 9.18 Å². The fourth-order valence-corrected chi connectivity index (χ4v) is 0.476. The van der Waals surface area contributed by atoms with Crippen LogP contribution in [0.4, 0.5) is 4.39 Å². The van der Waals surface area contributed by atoms with Crippen LogP contribution in [0.25, 0.3) is 0 Å². The zero-order valence-electron chi connectivity index (χ0n) is 5.74. The van der Waals surface area contributed by atoms with Crippen LogP contribution in [0.2, 0.25) is 0 Å². The molecule has 1 nitrogen and oxygen atoms in total. The van der Waals surface area contributed by atoms with Crippen molar-refractivity contribution in [2.75, 3.05) is 0 Å². The highest BCUT2D eigenvalue weighted by Gasteiger charge is 2.31. The molecule has 1 unspecified atom stereocenters. The first-order chi connectivity index (χ1) is 3.89. The van der Waals surface area contributed by atoms with Gasteiger partial charge in [-0.05, 0) is 20.8 Å². The Kier molecular flexibility index (Phi) is 2.80.